The lowest BCUT2D eigenvalue weighted by Gasteiger charge is -2.14. The highest BCUT2D eigenvalue weighted by Crippen LogP contribution is 2.32. The number of carbonyl (C=O) groups is 2. The van der Waals surface area contributed by atoms with Crippen molar-refractivity contribution in [1.29, 1.82) is 0 Å². The van der Waals surface area contributed by atoms with Crippen LogP contribution in [0.3, 0.4) is 0 Å². The number of nitrogens with one attached hydrogen (secondary N) is 2. The first-order valence-electron chi connectivity index (χ1n) is 9.69. The molecule has 0 radical (unpaired) electrons. The van der Waals surface area contributed by atoms with Gasteiger partial charge in [0.15, 0.2) is 11.5 Å². The van der Waals surface area contributed by atoms with E-state index in [1.165, 1.54) is 14.2 Å². The van der Waals surface area contributed by atoms with Crippen LogP contribution in [-0.2, 0) is 4.79 Å². The van der Waals surface area contributed by atoms with Crippen LogP contribution in [0.5, 0.6) is 11.5 Å². The third kappa shape index (κ3) is 5.51. The number of benzene rings is 3. The van der Waals surface area contributed by atoms with Gasteiger partial charge >= 0.3 is 0 Å². The number of carbonyl (C=O) groups excluding carboxylic acids is 2. The maximum Gasteiger partial charge on any atom is 0.272 e. The number of hydrogen-bond acceptors (Lipinski definition) is 4. The molecular weight excluding hydrogens is 392 g/mol. The largest absolute Gasteiger partial charge is 0.493 e. The van der Waals surface area contributed by atoms with Gasteiger partial charge in [0.05, 0.1) is 14.2 Å². The Morgan fingerprint density at radius 2 is 1.55 bits per heavy atom. The maximum atomic E-state index is 13.1. The minimum Gasteiger partial charge on any atom is -0.493 e. The highest BCUT2D eigenvalue weighted by atomic mass is 16.5. The molecule has 0 saturated heterocycles. The van der Waals surface area contributed by atoms with Crippen LogP contribution in [0.1, 0.15) is 21.5 Å². The van der Waals surface area contributed by atoms with Gasteiger partial charge in [-0.15, -0.1) is 0 Å². The molecule has 6 nitrogen and oxygen atoms in total. The standard InChI is InChI=1S/C25H24N2O4/c1-17-12-14-20(15-13-17)26-25(29)21(27-24(28)18-8-5-4-6-9-18)16-19-10-7-11-22(30-2)23(19)31-3/h4-16H,1-3H3,(H,26,29)(H,27,28)/b21-16-. The van der Waals surface area contributed by atoms with E-state index in [1.807, 2.05) is 25.1 Å². The summed E-state index contributed by atoms with van der Waals surface area (Å²) in [5.74, 6) is 0.120. The fourth-order valence-corrected chi connectivity index (χ4v) is 2.96. The van der Waals surface area contributed by atoms with Gasteiger partial charge in [-0.25, -0.2) is 0 Å². The Morgan fingerprint density at radius 1 is 0.839 bits per heavy atom. The quantitative estimate of drug-likeness (QED) is 0.559. The summed E-state index contributed by atoms with van der Waals surface area (Å²) >= 11 is 0. The lowest BCUT2D eigenvalue weighted by molar-refractivity contribution is -0.113. The summed E-state index contributed by atoms with van der Waals surface area (Å²) in [6, 6.07) is 21.4. The number of aryl methyl sites for hydroxylation is 1. The fraction of sp³-hybridized carbons (Fsp3) is 0.120. The predicted molar refractivity (Wildman–Crippen MR) is 121 cm³/mol. The van der Waals surface area contributed by atoms with Gasteiger partial charge in [-0.2, -0.15) is 0 Å². The van der Waals surface area contributed by atoms with Crippen molar-refractivity contribution in [3.63, 3.8) is 0 Å². The lowest BCUT2D eigenvalue weighted by atomic mass is 10.1. The molecule has 3 rings (SSSR count). The summed E-state index contributed by atoms with van der Waals surface area (Å²) in [4.78, 5) is 25.8. The van der Waals surface area contributed by atoms with Crippen molar-refractivity contribution in [3.05, 3.63) is 95.2 Å². The van der Waals surface area contributed by atoms with Crippen molar-refractivity contribution in [2.45, 2.75) is 6.92 Å². The Balaban J connectivity index is 1.97. The number of amides is 2. The van der Waals surface area contributed by atoms with Gasteiger partial charge in [0.1, 0.15) is 5.70 Å². The minimum atomic E-state index is -0.460. The highest BCUT2D eigenvalue weighted by molar-refractivity contribution is 6.10. The maximum absolute atomic E-state index is 13.1. The van der Waals surface area contributed by atoms with Gasteiger partial charge < -0.3 is 20.1 Å². The van der Waals surface area contributed by atoms with E-state index in [0.717, 1.165) is 5.56 Å². The van der Waals surface area contributed by atoms with Crippen LogP contribution in [0.15, 0.2) is 78.5 Å². The van der Waals surface area contributed by atoms with Crippen molar-refractivity contribution < 1.29 is 19.1 Å². The van der Waals surface area contributed by atoms with E-state index in [2.05, 4.69) is 10.6 Å². The zero-order chi connectivity index (χ0) is 22.2. The Hall–Kier alpha value is -4.06. The summed E-state index contributed by atoms with van der Waals surface area (Å²) in [5, 5.41) is 5.53. The Labute approximate surface area is 181 Å². The highest BCUT2D eigenvalue weighted by Gasteiger charge is 2.17. The molecule has 0 saturated carbocycles. The van der Waals surface area contributed by atoms with Crippen LogP contribution in [0.2, 0.25) is 0 Å². The molecule has 3 aromatic carbocycles. The number of methoxy groups -OCH3 is 2. The van der Waals surface area contributed by atoms with Crippen LogP contribution < -0.4 is 20.1 Å². The molecule has 158 valence electrons. The van der Waals surface area contributed by atoms with Crippen molar-refractivity contribution in [2.24, 2.45) is 0 Å². The molecule has 0 heterocycles. The molecule has 0 spiro atoms. The second-order valence-electron chi connectivity index (χ2n) is 6.78. The van der Waals surface area contributed by atoms with Gasteiger partial charge in [0.2, 0.25) is 0 Å². The second kappa shape index (κ2) is 10.1. The number of para-hydroxylation sites is 1. The van der Waals surface area contributed by atoms with Gasteiger partial charge in [0.25, 0.3) is 11.8 Å². The summed E-state index contributed by atoms with van der Waals surface area (Å²) in [7, 11) is 3.05. The van der Waals surface area contributed by atoms with Gasteiger partial charge in [-0.05, 0) is 43.3 Å². The molecule has 0 aliphatic carbocycles. The first-order chi connectivity index (χ1) is 15.0. The minimum absolute atomic E-state index is 0.0704. The molecule has 2 N–H and O–H groups in total. The fourth-order valence-electron chi connectivity index (χ4n) is 2.96. The molecule has 0 aliphatic rings. The first kappa shape index (κ1) is 21.6. The van der Waals surface area contributed by atoms with Crippen molar-refractivity contribution in [3.8, 4) is 11.5 Å². The monoisotopic (exact) mass is 416 g/mol. The number of hydrogen-bond donors (Lipinski definition) is 2. The lowest BCUT2D eigenvalue weighted by Crippen LogP contribution is -2.30. The summed E-state index contributed by atoms with van der Waals surface area (Å²) in [5.41, 5.74) is 2.79. The molecular formula is C25H24N2O4. The molecule has 0 atom stereocenters. The predicted octanol–water partition coefficient (Wildman–Crippen LogP) is 4.42. The Kier molecular flexibility index (Phi) is 7.06. The van der Waals surface area contributed by atoms with Crippen LogP contribution >= 0.6 is 0 Å². The molecule has 31 heavy (non-hydrogen) atoms. The number of rotatable bonds is 7. The van der Waals surface area contributed by atoms with Crippen molar-refractivity contribution in [1.82, 2.24) is 5.32 Å². The third-order valence-corrected chi connectivity index (χ3v) is 4.57. The number of anilines is 1. The zero-order valence-corrected chi connectivity index (χ0v) is 17.6. The smallest absolute Gasteiger partial charge is 0.272 e. The molecule has 0 aromatic heterocycles. The topological polar surface area (TPSA) is 76.7 Å². The molecule has 3 aromatic rings. The van der Waals surface area contributed by atoms with E-state index in [-0.39, 0.29) is 5.70 Å². The SMILES string of the molecule is COc1cccc(/C=C(\NC(=O)c2ccccc2)C(=O)Nc2ccc(C)cc2)c1OC. The van der Waals surface area contributed by atoms with E-state index in [9.17, 15) is 9.59 Å². The summed E-state index contributed by atoms with van der Waals surface area (Å²) in [6.45, 7) is 1.96. The average Bonchev–Trinajstić information content (AvgIpc) is 2.80. The van der Waals surface area contributed by atoms with Crippen molar-refractivity contribution >= 4 is 23.6 Å². The normalized spacial score (nSPS) is 10.9. The van der Waals surface area contributed by atoms with E-state index in [1.54, 1.807) is 60.7 Å². The molecule has 0 unspecified atom stereocenters. The molecule has 0 aliphatic heterocycles. The average molecular weight is 416 g/mol. The second-order valence-corrected chi connectivity index (χ2v) is 6.78. The van der Waals surface area contributed by atoms with E-state index in [0.29, 0.717) is 28.3 Å². The van der Waals surface area contributed by atoms with Crippen LogP contribution in [0.25, 0.3) is 6.08 Å². The summed E-state index contributed by atoms with van der Waals surface area (Å²) < 4.78 is 10.8. The Bertz CT molecular complexity index is 1090. The van der Waals surface area contributed by atoms with E-state index in [4.69, 9.17) is 9.47 Å². The van der Waals surface area contributed by atoms with E-state index >= 15 is 0 Å². The van der Waals surface area contributed by atoms with Crippen LogP contribution in [0.4, 0.5) is 5.69 Å². The Morgan fingerprint density at radius 3 is 2.19 bits per heavy atom. The number of ether oxygens (including phenoxy) is 2. The third-order valence-electron chi connectivity index (χ3n) is 4.57. The molecule has 0 fully saturated rings. The molecule has 2 amide bonds. The van der Waals surface area contributed by atoms with Crippen molar-refractivity contribution in [2.75, 3.05) is 19.5 Å². The van der Waals surface area contributed by atoms with Gasteiger partial charge in [-0.1, -0.05) is 48.0 Å². The van der Waals surface area contributed by atoms with Crippen LogP contribution in [0, 0.1) is 6.92 Å². The molecule has 0 bridgehead atoms. The van der Waals surface area contributed by atoms with E-state index < -0.39 is 11.8 Å². The van der Waals surface area contributed by atoms with Crippen LogP contribution in [-0.4, -0.2) is 26.0 Å². The first-order valence-corrected chi connectivity index (χ1v) is 9.69. The van der Waals surface area contributed by atoms with Gasteiger partial charge in [-0.3, -0.25) is 9.59 Å². The molecule has 6 heteroatoms. The van der Waals surface area contributed by atoms with Gasteiger partial charge in [0, 0.05) is 16.8 Å². The summed E-state index contributed by atoms with van der Waals surface area (Å²) in [6.07, 6.45) is 1.56. The zero-order valence-electron chi connectivity index (χ0n) is 17.6.